The molecular formula is C20H22N2O3. The van der Waals surface area contributed by atoms with E-state index in [4.69, 9.17) is 9.84 Å². The van der Waals surface area contributed by atoms with Gasteiger partial charge >= 0.3 is 0 Å². The number of fused-ring (bicyclic) bond motifs is 1. The standard InChI is InChI=1S/C20H22N2O3/c1-22-10-8-18-14-17(6-7-19(18)22)15-2-4-16(5-3-15)20(24)21-9-12-25-13-11-23/h2-8,10,14,23H,9,11-13H2,1H3,(H,21,24). The summed E-state index contributed by atoms with van der Waals surface area (Å²) in [4.78, 5) is 12.1. The summed E-state index contributed by atoms with van der Waals surface area (Å²) < 4.78 is 7.21. The number of rotatable bonds is 7. The number of hydrogen-bond acceptors (Lipinski definition) is 3. The van der Waals surface area contributed by atoms with Crippen molar-refractivity contribution in [3.63, 3.8) is 0 Å². The third-order valence-corrected chi connectivity index (χ3v) is 4.13. The van der Waals surface area contributed by atoms with Crippen molar-refractivity contribution in [1.29, 1.82) is 0 Å². The number of nitrogens with zero attached hydrogens (tertiary/aromatic N) is 1. The van der Waals surface area contributed by atoms with Crippen molar-refractivity contribution in [3.8, 4) is 11.1 Å². The molecule has 1 amide bonds. The summed E-state index contributed by atoms with van der Waals surface area (Å²) in [7, 11) is 2.03. The molecule has 0 radical (unpaired) electrons. The topological polar surface area (TPSA) is 63.5 Å². The normalized spacial score (nSPS) is 11.0. The molecule has 0 atom stereocenters. The second-order valence-electron chi connectivity index (χ2n) is 5.87. The van der Waals surface area contributed by atoms with Crippen LogP contribution in [-0.4, -0.2) is 41.9 Å². The molecule has 1 heterocycles. The van der Waals surface area contributed by atoms with Crippen molar-refractivity contribution in [2.45, 2.75) is 0 Å². The first-order valence-corrected chi connectivity index (χ1v) is 8.31. The Hall–Kier alpha value is -2.63. The molecule has 25 heavy (non-hydrogen) atoms. The number of carbonyl (C=O) groups excluding carboxylic acids is 1. The number of ether oxygens (including phenoxy) is 1. The van der Waals surface area contributed by atoms with Gasteiger partial charge in [0.15, 0.2) is 0 Å². The van der Waals surface area contributed by atoms with Crippen LogP contribution in [0.4, 0.5) is 0 Å². The molecule has 0 unspecified atom stereocenters. The number of aliphatic hydroxyl groups is 1. The molecular weight excluding hydrogens is 316 g/mol. The van der Waals surface area contributed by atoms with Crippen LogP contribution in [0.25, 0.3) is 22.0 Å². The molecule has 5 heteroatoms. The van der Waals surface area contributed by atoms with Gasteiger partial charge in [0.25, 0.3) is 5.91 Å². The molecule has 0 saturated carbocycles. The van der Waals surface area contributed by atoms with Gasteiger partial charge in [-0.25, -0.2) is 0 Å². The minimum absolute atomic E-state index is 0.00974. The lowest BCUT2D eigenvalue weighted by Crippen LogP contribution is -2.27. The molecule has 1 aromatic heterocycles. The molecule has 0 aliphatic heterocycles. The van der Waals surface area contributed by atoms with Gasteiger partial charge in [0.2, 0.25) is 0 Å². The molecule has 2 aromatic carbocycles. The molecule has 0 spiro atoms. The van der Waals surface area contributed by atoms with Crippen LogP contribution < -0.4 is 5.32 Å². The first kappa shape index (κ1) is 17.2. The summed E-state index contributed by atoms with van der Waals surface area (Å²) in [6, 6.07) is 16.0. The minimum atomic E-state index is -0.127. The van der Waals surface area contributed by atoms with Crippen LogP contribution in [0.3, 0.4) is 0 Å². The van der Waals surface area contributed by atoms with Gasteiger partial charge in [-0.1, -0.05) is 18.2 Å². The average Bonchev–Trinajstić information content (AvgIpc) is 3.02. The van der Waals surface area contributed by atoms with Gasteiger partial charge in [0, 0.05) is 36.3 Å². The Morgan fingerprint density at radius 2 is 1.84 bits per heavy atom. The van der Waals surface area contributed by atoms with Crippen molar-refractivity contribution in [2.75, 3.05) is 26.4 Å². The molecule has 130 valence electrons. The van der Waals surface area contributed by atoms with E-state index in [0.29, 0.717) is 18.7 Å². The van der Waals surface area contributed by atoms with Crippen molar-refractivity contribution in [3.05, 3.63) is 60.3 Å². The highest BCUT2D eigenvalue weighted by Gasteiger charge is 2.06. The number of aromatic nitrogens is 1. The summed E-state index contributed by atoms with van der Waals surface area (Å²) in [5.41, 5.74) is 4.02. The van der Waals surface area contributed by atoms with Crippen molar-refractivity contribution in [2.24, 2.45) is 7.05 Å². The summed E-state index contributed by atoms with van der Waals surface area (Å²) >= 11 is 0. The first-order valence-electron chi connectivity index (χ1n) is 8.31. The molecule has 0 saturated heterocycles. The quantitative estimate of drug-likeness (QED) is 0.651. The summed E-state index contributed by atoms with van der Waals surface area (Å²) in [5, 5.41) is 12.6. The molecule has 0 aliphatic rings. The van der Waals surface area contributed by atoms with Gasteiger partial charge in [-0.05, 0) is 41.5 Å². The van der Waals surface area contributed by atoms with E-state index in [-0.39, 0.29) is 19.1 Å². The maximum Gasteiger partial charge on any atom is 0.251 e. The Morgan fingerprint density at radius 1 is 1.08 bits per heavy atom. The van der Waals surface area contributed by atoms with Crippen LogP contribution in [0, 0.1) is 0 Å². The maximum absolute atomic E-state index is 12.1. The largest absolute Gasteiger partial charge is 0.394 e. The first-order chi connectivity index (χ1) is 12.2. The number of amides is 1. The van der Waals surface area contributed by atoms with Crippen LogP contribution in [0.5, 0.6) is 0 Å². The predicted molar refractivity (Wildman–Crippen MR) is 98.6 cm³/mol. The highest BCUT2D eigenvalue weighted by Crippen LogP contribution is 2.25. The zero-order valence-corrected chi connectivity index (χ0v) is 14.2. The molecule has 2 N–H and O–H groups in total. The SMILES string of the molecule is Cn1ccc2cc(-c3ccc(C(=O)NCCOCCO)cc3)ccc21. The molecule has 0 bridgehead atoms. The third kappa shape index (κ3) is 4.07. The average molecular weight is 338 g/mol. The van der Waals surface area contributed by atoms with Gasteiger partial charge in [0.05, 0.1) is 19.8 Å². The Bertz CT molecular complexity index is 853. The van der Waals surface area contributed by atoms with Crippen molar-refractivity contribution >= 4 is 16.8 Å². The van der Waals surface area contributed by atoms with Crippen LogP contribution in [0.2, 0.25) is 0 Å². The monoisotopic (exact) mass is 338 g/mol. The number of carbonyl (C=O) groups is 1. The van der Waals surface area contributed by atoms with Crippen molar-refractivity contribution < 1.29 is 14.6 Å². The van der Waals surface area contributed by atoms with Gasteiger partial charge in [-0.15, -0.1) is 0 Å². The van der Waals surface area contributed by atoms with Crippen LogP contribution in [0.1, 0.15) is 10.4 Å². The van der Waals surface area contributed by atoms with E-state index in [0.717, 1.165) is 11.1 Å². The van der Waals surface area contributed by atoms with Crippen LogP contribution in [0.15, 0.2) is 54.7 Å². The zero-order chi connectivity index (χ0) is 17.6. The van der Waals surface area contributed by atoms with E-state index in [9.17, 15) is 4.79 Å². The molecule has 3 aromatic rings. The van der Waals surface area contributed by atoms with E-state index in [1.807, 2.05) is 37.5 Å². The van der Waals surface area contributed by atoms with E-state index < -0.39 is 0 Å². The minimum Gasteiger partial charge on any atom is -0.394 e. The Kier molecular flexibility index (Phi) is 5.48. The smallest absolute Gasteiger partial charge is 0.251 e. The summed E-state index contributed by atoms with van der Waals surface area (Å²) in [6.45, 7) is 1.09. The van der Waals surface area contributed by atoms with E-state index in [1.54, 1.807) is 0 Å². The number of aliphatic hydroxyl groups excluding tert-OH is 1. The lowest BCUT2D eigenvalue weighted by atomic mass is 10.0. The summed E-state index contributed by atoms with van der Waals surface area (Å²) in [6.07, 6.45) is 2.05. The fraction of sp³-hybridized carbons (Fsp3) is 0.250. The predicted octanol–water partition coefficient (Wildman–Crippen LogP) is 2.58. The van der Waals surface area contributed by atoms with Gasteiger partial charge in [0.1, 0.15) is 0 Å². The lowest BCUT2D eigenvalue weighted by molar-refractivity contribution is 0.0838. The van der Waals surface area contributed by atoms with E-state index in [2.05, 4.69) is 34.1 Å². The van der Waals surface area contributed by atoms with Crippen molar-refractivity contribution in [1.82, 2.24) is 9.88 Å². The van der Waals surface area contributed by atoms with E-state index >= 15 is 0 Å². The number of hydrogen-bond donors (Lipinski definition) is 2. The second kappa shape index (κ2) is 7.96. The summed E-state index contributed by atoms with van der Waals surface area (Å²) in [5.74, 6) is -0.127. The third-order valence-electron chi connectivity index (χ3n) is 4.13. The molecule has 5 nitrogen and oxygen atoms in total. The van der Waals surface area contributed by atoms with Gasteiger partial charge in [-0.2, -0.15) is 0 Å². The lowest BCUT2D eigenvalue weighted by Gasteiger charge is -2.07. The van der Waals surface area contributed by atoms with Gasteiger partial charge < -0.3 is 19.7 Å². The Labute approximate surface area is 146 Å². The van der Waals surface area contributed by atoms with Crippen LogP contribution in [-0.2, 0) is 11.8 Å². The Morgan fingerprint density at radius 3 is 2.60 bits per heavy atom. The molecule has 0 aliphatic carbocycles. The number of nitrogens with one attached hydrogen (secondary N) is 1. The highest BCUT2D eigenvalue weighted by molar-refractivity contribution is 5.95. The second-order valence-corrected chi connectivity index (χ2v) is 5.87. The number of aryl methyl sites for hydroxylation is 1. The van der Waals surface area contributed by atoms with Gasteiger partial charge in [-0.3, -0.25) is 4.79 Å². The maximum atomic E-state index is 12.1. The fourth-order valence-corrected chi connectivity index (χ4v) is 2.78. The Balaban J connectivity index is 1.65. The van der Waals surface area contributed by atoms with Crippen LogP contribution >= 0.6 is 0 Å². The zero-order valence-electron chi connectivity index (χ0n) is 14.2. The number of benzene rings is 2. The molecule has 3 rings (SSSR count). The fourth-order valence-electron chi connectivity index (χ4n) is 2.78. The highest BCUT2D eigenvalue weighted by atomic mass is 16.5. The molecule has 0 fully saturated rings. The van der Waals surface area contributed by atoms with E-state index in [1.165, 1.54) is 10.9 Å².